The van der Waals surface area contributed by atoms with Crippen LogP contribution in [0, 0.1) is 0 Å². The van der Waals surface area contributed by atoms with Gasteiger partial charge in [-0.3, -0.25) is 0 Å². The molecule has 0 aliphatic carbocycles. The Bertz CT molecular complexity index is 629. The van der Waals surface area contributed by atoms with Crippen molar-refractivity contribution in [3.8, 4) is 0 Å². The van der Waals surface area contributed by atoms with E-state index in [1.54, 1.807) is 0 Å². The lowest BCUT2D eigenvalue weighted by atomic mass is 10.4. The summed E-state index contributed by atoms with van der Waals surface area (Å²) >= 11 is 0. The second-order valence-corrected chi connectivity index (χ2v) is 23.4. The Hall–Kier alpha value is 1.31. The summed E-state index contributed by atoms with van der Waals surface area (Å²) in [7, 11) is -3.47. The molecule has 0 saturated carbocycles. The molecule has 368 valence electrons. The van der Waals surface area contributed by atoms with E-state index in [0.29, 0.717) is 0 Å². The van der Waals surface area contributed by atoms with Gasteiger partial charge in [-0.1, -0.05) is 111 Å². The monoisotopic (exact) mass is 977 g/mol. The van der Waals surface area contributed by atoms with Crippen LogP contribution in [0.25, 0.3) is 0 Å². The van der Waals surface area contributed by atoms with Crippen molar-refractivity contribution in [1.29, 1.82) is 0 Å². The zero-order valence-electron chi connectivity index (χ0n) is 43.9. The first-order valence-electron chi connectivity index (χ1n) is 26.0. The molecule has 60 heavy (non-hydrogen) atoms. The number of rotatable bonds is 40. The van der Waals surface area contributed by atoms with E-state index >= 15 is 0 Å². The molecule has 0 rings (SSSR count). The van der Waals surface area contributed by atoms with Gasteiger partial charge in [0.25, 0.3) is 0 Å². The summed E-state index contributed by atoms with van der Waals surface area (Å²) in [4.78, 5) is 0. The van der Waals surface area contributed by atoms with Crippen LogP contribution in [0.3, 0.4) is 0 Å². The van der Waals surface area contributed by atoms with E-state index in [2.05, 4.69) is 148 Å². The highest BCUT2D eigenvalue weighted by Crippen LogP contribution is 2.71. The molecule has 0 spiro atoms. The first-order chi connectivity index (χ1) is 28.2. The van der Waals surface area contributed by atoms with E-state index in [4.69, 9.17) is 0 Å². The van der Waals surface area contributed by atoms with Gasteiger partial charge in [0, 0.05) is 105 Å². The Morgan fingerprint density at radius 1 is 0.183 bits per heavy atom. The van der Waals surface area contributed by atoms with E-state index in [9.17, 15) is 0 Å². The molecule has 0 unspecified atom stereocenters. The quantitative estimate of drug-likeness (QED) is 0.0567. The van der Waals surface area contributed by atoms with Crippen molar-refractivity contribution < 1.29 is 29.4 Å². The third-order valence-corrected chi connectivity index (χ3v) is 20.0. The van der Waals surface area contributed by atoms with Crippen LogP contribution < -0.4 is 29.4 Å². The summed E-state index contributed by atoms with van der Waals surface area (Å²) in [6, 6.07) is 0. The lowest BCUT2D eigenvalue weighted by molar-refractivity contribution is -0.001000. The molecule has 0 fully saturated rings. The summed E-state index contributed by atoms with van der Waals surface area (Å²) in [6.07, 6.45) is 19.9. The summed E-state index contributed by atoms with van der Waals surface area (Å²) in [5.74, 6) is 0. The standard InChI is InChI=1S/2C24H56N4P.BrH.ClH/c2*1-9-17-25(18-10-2)29(26(19-11-3)20-12-4,27(21-13-5)22-14-6)28(23-15-7)24-16-8;;/h2*9-24H2,1-8H3;2*1H/q2*+1;;/p-2. The number of halogens is 2. The smallest absolute Gasteiger partial charge is 0.308 e. The van der Waals surface area contributed by atoms with E-state index in [1.165, 1.54) is 207 Å². The van der Waals surface area contributed by atoms with Crippen molar-refractivity contribution in [2.24, 2.45) is 0 Å². The minimum Gasteiger partial charge on any atom is -1.00 e. The van der Waals surface area contributed by atoms with Gasteiger partial charge in [-0.2, -0.15) is 0 Å². The Morgan fingerprint density at radius 3 is 0.300 bits per heavy atom. The van der Waals surface area contributed by atoms with Crippen LogP contribution in [0.15, 0.2) is 0 Å². The van der Waals surface area contributed by atoms with Gasteiger partial charge >= 0.3 is 15.7 Å². The fraction of sp³-hybridized carbons (Fsp3) is 1.00. The van der Waals surface area contributed by atoms with Crippen molar-refractivity contribution >= 4 is 15.7 Å². The molecule has 0 radical (unpaired) electrons. The minimum absolute atomic E-state index is 0. The van der Waals surface area contributed by atoms with Crippen LogP contribution in [0.5, 0.6) is 0 Å². The van der Waals surface area contributed by atoms with Crippen molar-refractivity contribution in [2.45, 2.75) is 214 Å². The fourth-order valence-electron chi connectivity index (χ4n) is 9.32. The minimum atomic E-state index is -1.74. The van der Waals surface area contributed by atoms with Crippen LogP contribution in [-0.4, -0.2) is 142 Å². The van der Waals surface area contributed by atoms with Crippen LogP contribution in [0.1, 0.15) is 214 Å². The molecule has 0 aliphatic heterocycles. The predicted molar refractivity (Wildman–Crippen MR) is 271 cm³/mol. The molecule has 12 heteroatoms. The molecule has 8 nitrogen and oxygen atoms in total. The lowest BCUT2D eigenvalue weighted by Crippen LogP contribution is -3.00. The second-order valence-electron chi connectivity index (χ2n) is 16.7. The predicted octanol–water partition coefficient (Wildman–Crippen LogP) is 8.31. The van der Waals surface area contributed by atoms with Gasteiger partial charge in [-0.15, -0.1) is 37.4 Å². The normalized spacial score (nSPS) is 12.4. The Labute approximate surface area is 398 Å². The highest BCUT2D eigenvalue weighted by molar-refractivity contribution is 7.67. The summed E-state index contributed by atoms with van der Waals surface area (Å²) in [5.41, 5.74) is 0. The molecule has 0 aromatic heterocycles. The first-order valence-corrected chi connectivity index (χ1v) is 29.2. The van der Waals surface area contributed by atoms with Gasteiger partial charge in [0.05, 0.1) is 0 Å². The topological polar surface area (TPSA) is 25.9 Å². The third kappa shape index (κ3) is 21.3. The van der Waals surface area contributed by atoms with Crippen LogP contribution in [-0.2, 0) is 0 Å². The number of nitrogens with zero attached hydrogens (tertiary/aromatic N) is 8. The van der Waals surface area contributed by atoms with Crippen LogP contribution >= 0.6 is 15.7 Å². The molecule has 0 aromatic rings. The highest BCUT2D eigenvalue weighted by Gasteiger charge is 2.61. The number of hydrogen-bond acceptors (Lipinski definition) is 8. The number of hydrogen-bond donors (Lipinski definition) is 0. The second kappa shape index (κ2) is 44.2. The average Bonchev–Trinajstić information content (AvgIpc) is 3.20. The zero-order valence-corrected chi connectivity index (χ0v) is 48.0. The molecular formula is C48H112BrClN8P2. The Balaban J connectivity index is -0.000000506. The Kier molecular flexibility index (Phi) is 50.0. The molecule has 0 aliphatic rings. The van der Waals surface area contributed by atoms with Gasteiger partial charge in [0.1, 0.15) is 0 Å². The van der Waals surface area contributed by atoms with Gasteiger partial charge < -0.3 is 29.4 Å². The van der Waals surface area contributed by atoms with E-state index in [1.807, 2.05) is 0 Å². The van der Waals surface area contributed by atoms with Crippen LogP contribution in [0.2, 0.25) is 0 Å². The molecular weight excluding hydrogens is 866 g/mol. The van der Waals surface area contributed by atoms with E-state index in [0.717, 1.165) is 0 Å². The van der Waals surface area contributed by atoms with Crippen molar-refractivity contribution in [3.63, 3.8) is 0 Å². The summed E-state index contributed by atoms with van der Waals surface area (Å²) in [6.45, 7) is 57.5. The molecule has 0 N–H and O–H groups in total. The molecule has 0 amide bonds. The maximum absolute atomic E-state index is 2.97. The molecule has 0 atom stereocenters. The SMILES string of the molecule is CCCN(CCC)[P+](N(CCC)CCC)(N(CCC)CCC)N(CCC)CCC.CCCN(CCC)[P+](N(CCC)CCC)(N(CCC)CCC)N(CCC)CCC.[Br-].[Cl-]. The first kappa shape index (κ1) is 67.9. The molecule has 0 aromatic carbocycles. The van der Waals surface area contributed by atoms with Crippen molar-refractivity contribution in [2.75, 3.05) is 105 Å². The van der Waals surface area contributed by atoms with Crippen molar-refractivity contribution in [1.82, 2.24) is 37.4 Å². The fourth-order valence-corrected chi connectivity index (χ4v) is 21.1. The molecule has 0 saturated heterocycles. The van der Waals surface area contributed by atoms with Crippen LogP contribution in [0.4, 0.5) is 0 Å². The average molecular weight is 979 g/mol. The van der Waals surface area contributed by atoms with Gasteiger partial charge in [-0.25, -0.2) is 0 Å². The highest BCUT2D eigenvalue weighted by atomic mass is 79.9. The largest absolute Gasteiger partial charge is 1.00 e. The van der Waals surface area contributed by atoms with Gasteiger partial charge in [0.15, 0.2) is 0 Å². The zero-order chi connectivity index (χ0) is 44.2. The van der Waals surface area contributed by atoms with E-state index in [-0.39, 0.29) is 29.4 Å². The van der Waals surface area contributed by atoms with Crippen molar-refractivity contribution in [3.05, 3.63) is 0 Å². The van der Waals surface area contributed by atoms with Gasteiger partial charge in [-0.05, 0) is 103 Å². The Morgan fingerprint density at radius 2 is 0.250 bits per heavy atom. The maximum atomic E-state index is 2.97. The summed E-state index contributed by atoms with van der Waals surface area (Å²) < 4.78 is 23.7. The maximum Gasteiger partial charge on any atom is 0.308 e. The molecule has 0 heterocycles. The summed E-state index contributed by atoms with van der Waals surface area (Å²) in [5, 5.41) is 0. The van der Waals surface area contributed by atoms with E-state index < -0.39 is 15.7 Å². The lowest BCUT2D eigenvalue weighted by Gasteiger charge is -2.51. The molecule has 0 bridgehead atoms. The third-order valence-electron chi connectivity index (χ3n) is 10.7. The van der Waals surface area contributed by atoms with Gasteiger partial charge in [0.2, 0.25) is 0 Å².